The molecule has 0 atom stereocenters. The molecule has 0 aromatic carbocycles. The smallest absolute Gasteiger partial charge is 0.302 e. The molecule has 6 nitrogen and oxygen atoms in total. The fourth-order valence-electron chi connectivity index (χ4n) is 2.03. The second-order valence-corrected chi connectivity index (χ2v) is 6.60. The lowest BCUT2D eigenvalue weighted by atomic mass is 9.99. The van der Waals surface area contributed by atoms with Gasteiger partial charge in [0.1, 0.15) is 0 Å². The van der Waals surface area contributed by atoms with Crippen molar-refractivity contribution in [2.45, 2.75) is 12.8 Å². The zero-order chi connectivity index (χ0) is 13.9. The lowest BCUT2D eigenvalue weighted by molar-refractivity contribution is 0.280. The number of pyridine rings is 1. The van der Waals surface area contributed by atoms with E-state index in [1.807, 2.05) is 0 Å². The number of nitrogens with two attached hydrogens (primary N) is 1. The summed E-state index contributed by atoms with van der Waals surface area (Å²) in [4.78, 5) is 3.92. The van der Waals surface area contributed by atoms with Gasteiger partial charge in [-0.1, -0.05) is 11.6 Å². The van der Waals surface area contributed by atoms with Gasteiger partial charge in [0, 0.05) is 19.3 Å². The Kier molecular flexibility index (Phi) is 4.62. The van der Waals surface area contributed by atoms with Gasteiger partial charge in [-0.05, 0) is 37.4 Å². The summed E-state index contributed by atoms with van der Waals surface area (Å²) in [7, 11) is -3.59. The molecule has 1 aromatic heterocycles. The number of nitrogens with one attached hydrogen (secondary N) is 1. The number of hydrogen-bond donors (Lipinski definition) is 2. The third-order valence-corrected chi connectivity index (χ3v) is 5.03. The molecule has 0 unspecified atom stereocenters. The van der Waals surface area contributed by atoms with E-state index < -0.39 is 10.2 Å². The van der Waals surface area contributed by atoms with Crippen LogP contribution in [0.25, 0.3) is 0 Å². The van der Waals surface area contributed by atoms with Crippen LogP contribution in [0.4, 0.5) is 5.82 Å². The number of hydrogen-bond acceptors (Lipinski definition) is 4. The Hall–Kier alpha value is -0.890. The van der Waals surface area contributed by atoms with Gasteiger partial charge >= 0.3 is 10.2 Å². The average molecular weight is 305 g/mol. The Morgan fingerprint density at radius 3 is 2.74 bits per heavy atom. The maximum atomic E-state index is 12.2. The van der Waals surface area contributed by atoms with Crippen molar-refractivity contribution in [2.75, 3.05) is 24.4 Å². The van der Waals surface area contributed by atoms with Crippen molar-refractivity contribution in [3.63, 3.8) is 0 Å². The van der Waals surface area contributed by atoms with Crippen molar-refractivity contribution >= 4 is 27.6 Å². The predicted octanol–water partition coefficient (Wildman–Crippen LogP) is 1.06. The number of piperidine rings is 1. The largest absolute Gasteiger partial charge is 0.330 e. The summed E-state index contributed by atoms with van der Waals surface area (Å²) in [6, 6.07) is 3.24. The van der Waals surface area contributed by atoms with Gasteiger partial charge in [-0.3, -0.25) is 4.72 Å². The molecule has 2 rings (SSSR count). The molecular weight excluding hydrogens is 288 g/mol. The minimum atomic E-state index is -3.59. The van der Waals surface area contributed by atoms with E-state index in [0.29, 0.717) is 25.6 Å². The third kappa shape index (κ3) is 3.56. The zero-order valence-electron chi connectivity index (χ0n) is 10.4. The zero-order valence-corrected chi connectivity index (χ0v) is 12.0. The van der Waals surface area contributed by atoms with Crippen LogP contribution in [0, 0.1) is 5.92 Å². The Morgan fingerprint density at radius 1 is 1.47 bits per heavy atom. The van der Waals surface area contributed by atoms with E-state index >= 15 is 0 Å². The summed E-state index contributed by atoms with van der Waals surface area (Å²) < 4.78 is 28.2. The number of nitrogens with zero attached hydrogens (tertiary/aromatic N) is 2. The normalized spacial score (nSPS) is 18.4. The Bertz CT molecular complexity index is 529. The van der Waals surface area contributed by atoms with Gasteiger partial charge in [0.2, 0.25) is 0 Å². The first-order valence-electron chi connectivity index (χ1n) is 6.11. The molecule has 0 spiro atoms. The van der Waals surface area contributed by atoms with Crippen molar-refractivity contribution in [3.8, 4) is 0 Å². The van der Waals surface area contributed by atoms with Crippen molar-refractivity contribution < 1.29 is 8.42 Å². The predicted molar refractivity (Wildman–Crippen MR) is 75.1 cm³/mol. The molecule has 0 radical (unpaired) electrons. The van der Waals surface area contributed by atoms with Crippen LogP contribution in [-0.4, -0.2) is 37.3 Å². The van der Waals surface area contributed by atoms with Crippen molar-refractivity contribution in [1.82, 2.24) is 9.29 Å². The molecular formula is C11H17ClN4O2S. The van der Waals surface area contributed by atoms with Crippen LogP contribution >= 0.6 is 11.6 Å². The Morgan fingerprint density at radius 2 is 2.16 bits per heavy atom. The molecule has 1 aliphatic heterocycles. The van der Waals surface area contributed by atoms with Crippen LogP contribution in [-0.2, 0) is 10.2 Å². The Balaban J connectivity index is 2.05. The molecule has 2 heterocycles. The summed E-state index contributed by atoms with van der Waals surface area (Å²) in [5.41, 5.74) is 5.59. The first-order chi connectivity index (χ1) is 9.03. The highest BCUT2D eigenvalue weighted by Crippen LogP contribution is 2.22. The first kappa shape index (κ1) is 14.5. The Labute approximate surface area is 118 Å². The van der Waals surface area contributed by atoms with Gasteiger partial charge in [0.15, 0.2) is 5.82 Å². The topological polar surface area (TPSA) is 88.3 Å². The monoisotopic (exact) mass is 304 g/mol. The summed E-state index contributed by atoms with van der Waals surface area (Å²) in [6.45, 7) is 1.55. The molecule has 3 N–H and O–H groups in total. The van der Waals surface area contributed by atoms with Crippen LogP contribution in [0.1, 0.15) is 12.8 Å². The molecule has 1 aliphatic rings. The van der Waals surface area contributed by atoms with Crippen molar-refractivity contribution in [3.05, 3.63) is 23.4 Å². The highest BCUT2D eigenvalue weighted by Gasteiger charge is 2.28. The highest BCUT2D eigenvalue weighted by atomic mass is 35.5. The van der Waals surface area contributed by atoms with Crippen molar-refractivity contribution in [2.24, 2.45) is 11.7 Å². The van der Waals surface area contributed by atoms with Crippen LogP contribution in [0.2, 0.25) is 5.02 Å². The van der Waals surface area contributed by atoms with E-state index in [0.717, 1.165) is 12.8 Å². The minimum Gasteiger partial charge on any atom is -0.330 e. The summed E-state index contributed by atoms with van der Waals surface area (Å²) in [5, 5.41) is 0.280. The molecule has 0 amide bonds. The maximum absolute atomic E-state index is 12.2. The standard InChI is InChI=1S/C11H17ClN4O2S/c12-10-2-1-5-14-11(10)15-19(17,18)16-6-3-9(8-13)4-7-16/h1-2,5,9H,3-4,6-8,13H2,(H,14,15). The second-order valence-electron chi connectivity index (χ2n) is 4.52. The number of aromatic nitrogens is 1. The quantitative estimate of drug-likeness (QED) is 0.870. The lowest BCUT2D eigenvalue weighted by Crippen LogP contribution is -2.42. The van der Waals surface area contributed by atoms with Crippen LogP contribution in [0.15, 0.2) is 18.3 Å². The van der Waals surface area contributed by atoms with Crippen LogP contribution in [0.5, 0.6) is 0 Å². The summed E-state index contributed by atoms with van der Waals surface area (Å²) in [5.74, 6) is 0.565. The molecule has 0 bridgehead atoms. The molecule has 0 aliphatic carbocycles. The average Bonchev–Trinajstić information content (AvgIpc) is 2.41. The van der Waals surface area contributed by atoms with E-state index in [1.54, 1.807) is 12.1 Å². The second kappa shape index (κ2) is 6.04. The van der Waals surface area contributed by atoms with Gasteiger partial charge in [-0.2, -0.15) is 12.7 Å². The van der Waals surface area contributed by atoms with E-state index in [2.05, 4.69) is 9.71 Å². The number of rotatable bonds is 4. The minimum absolute atomic E-state index is 0.158. The highest BCUT2D eigenvalue weighted by molar-refractivity contribution is 7.90. The van der Waals surface area contributed by atoms with E-state index in [4.69, 9.17) is 17.3 Å². The van der Waals surface area contributed by atoms with E-state index in [-0.39, 0.29) is 10.8 Å². The fraction of sp³-hybridized carbons (Fsp3) is 0.545. The summed E-state index contributed by atoms with van der Waals surface area (Å²) in [6.07, 6.45) is 3.06. The summed E-state index contributed by atoms with van der Waals surface area (Å²) >= 11 is 5.89. The van der Waals surface area contributed by atoms with E-state index in [9.17, 15) is 8.42 Å². The molecule has 19 heavy (non-hydrogen) atoms. The molecule has 1 aromatic rings. The van der Waals surface area contributed by atoms with Gasteiger partial charge < -0.3 is 5.73 Å². The van der Waals surface area contributed by atoms with Gasteiger partial charge in [-0.15, -0.1) is 0 Å². The van der Waals surface area contributed by atoms with Gasteiger partial charge in [0.25, 0.3) is 0 Å². The lowest BCUT2D eigenvalue weighted by Gasteiger charge is -2.30. The number of anilines is 1. The fourth-order valence-corrected chi connectivity index (χ4v) is 3.49. The van der Waals surface area contributed by atoms with E-state index in [1.165, 1.54) is 10.5 Å². The molecule has 0 saturated carbocycles. The molecule has 8 heteroatoms. The molecule has 1 fully saturated rings. The third-order valence-electron chi connectivity index (χ3n) is 3.23. The molecule has 106 valence electrons. The SMILES string of the molecule is NCC1CCN(S(=O)(=O)Nc2ncccc2Cl)CC1. The van der Waals surface area contributed by atoms with Gasteiger partial charge in [0.05, 0.1) is 5.02 Å². The first-order valence-corrected chi connectivity index (χ1v) is 7.93. The van der Waals surface area contributed by atoms with Crippen LogP contribution in [0.3, 0.4) is 0 Å². The van der Waals surface area contributed by atoms with Gasteiger partial charge in [-0.25, -0.2) is 4.98 Å². The maximum Gasteiger partial charge on any atom is 0.302 e. The molecule has 1 saturated heterocycles. The number of halogens is 1. The van der Waals surface area contributed by atoms with Crippen molar-refractivity contribution in [1.29, 1.82) is 0 Å². The van der Waals surface area contributed by atoms with Crippen LogP contribution < -0.4 is 10.5 Å².